The molecule has 0 atom stereocenters. The number of thiocarbonyl (C=S) groups is 1. The highest BCUT2D eigenvalue weighted by atomic mass is 35.5. The molecule has 0 aromatic heterocycles. The summed E-state index contributed by atoms with van der Waals surface area (Å²) in [5.41, 5.74) is 4.44. The normalized spacial score (nSPS) is 9.93. The van der Waals surface area contributed by atoms with E-state index in [0.29, 0.717) is 5.02 Å². The maximum Gasteiger partial charge on any atom is 0.276 e. The van der Waals surface area contributed by atoms with Crippen LogP contribution in [0.4, 0.5) is 5.69 Å². The molecule has 0 bridgehead atoms. The number of halogens is 2. The summed E-state index contributed by atoms with van der Waals surface area (Å²) in [6, 6.07) is 9.75. The van der Waals surface area contributed by atoms with Crippen LogP contribution in [0, 0.1) is 10.1 Å². The minimum Gasteiger partial charge on any atom is -0.484 e. The molecular formula is C17H14Cl2N4O6S. The summed E-state index contributed by atoms with van der Waals surface area (Å²) in [6.07, 6.45) is 0. The summed E-state index contributed by atoms with van der Waals surface area (Å²) in [5.74, 6) is -0.652. The van der Waals surface area contributed by atoms with Crippen molar-refractivity contribution in [3.8, 4) is 11.5 Å². The molecule has 0 saturated heterocycles. The molecule has 0 saturated carbocycles. The fourth-order valence-corrected chi connectivity index (χ4v) is 2.53. The van der Waals surface area contributed by atoms with Gasteiger partial charge in [0, 0.05) is 17.2 Å². The van der Waals surface area contributed by atoms with Gasteiger partial charge in [0.05, 0.1) is 9.95 Å². The molecule has 0 unspecified atom stereocenters. The van der Waals surface area contributed by atoms with E-state index in [1.807, 2.05) is 0 Å². The van der Waals surface area contributed by atoms with Gasteiger partial charge in [0.15, 0.2) is 18.3 Å². The minimum atomic E-state index is -0.603. The second-order valence-electron chi connectivity index (χ2n) is 5.45. The Labute approximate surface area is 185 Å². The largest absolute Gasteiger partial charge is 0.484 e. The number of rotatable bonds is 7. The second-order valence-corrected chi connectivity index (χ2v) is 6.71. The monoisotopic (exact) mass is 472 g/mol. The van der Waals surface area contributed by atoms with Gasteiger partial charge < -0.3 is 9.47 Å². The lowest BCUT2D eigenvalue weighted by Crippen LogP contribution is -2.50. The van der Waals surface area contributed by atoms with Crippen molar-refractivity contribution in [2.24, 2.45) is 0 Å². The molecule has 2 amide bonds. The maximum atomic E-state index is 11.8. The highest BCUT2D eigenvalue weighted by Crippen LogP contribution is 2.27. The first-order chi connectivity index (χ1) is 14.2. The first kappa shape index (κ1) is 23.1. The van der Waals surface area contributed by atoms with Crippen LogP contribution < -0.4 is 25.6 Å². The van der Waals surface area contributed by atoms with Crippen LogP contribution in [0.1, 0.15) is 0 Å². The average Bonchev–Trinajstić information content (AvgIpc) is 2.70. The Kier molecular flexibility index (Phi) is 8.59. The van der Waals surface area contributed by atoms with Gasteiger partial charge >= 0.3 is 0 Å². The zero-order valence-electron chi connectivity index (χ0n) is 15.0. The van der Waals surface area contributed by atoms with E-state index >= 15 is 0 Å². The molecule has 2 aromatic rings. The standard InChI is InChI=1S/C17H14Cl2N4O6S/c18-10-1-6-14(13(19)7-10)29-8-15(24)20-17(30)22-21-16(25)9-28-12-4-2-11(3-5-12)23(26)27/h1-7H,8-9H2,(H,21,25)(H2,20,22,24,30). The van der Waals surface area contributed by atoms with E-state index in [4.69, 9.17) is 44.9 Å². The van der Waals surface area contributed by atoms with E-state index in [1.165, 1.54) is 36.4 Å². The van der Waals surface area contributed by atoms with Crippen molar-refractivity contribution < 1.29 is 24.0 Å². The van der Waals surface area contributed by atoms with Crippen LogP contribution in [-0.2, 0) is 9.59 Å². The van der Waals surface area contributed by atoms with Gasteiger partial charge in [-0.05, 0) is 42.5 Å². The summed E-state index contributed by atoms with van der Waals surface area (Å²) in [4.78, 5) is 33.6. The van der Waals surface area contributed by atoms with E-state index in [-0.39, 0.29) is 40.5 Å². The van der Waals surface area contributed by atoms with Crippen LogP contribution >= 0.6 is 35.4 Å². The van der Waals surface area contributed by atoms with Gasteiger partial charge in [0.1, 0.15) is 11.5 Å². The first-order valence-electron chi connectivity index (χ1n) is 8.08. The van der Waals surface area contributed by atoms with Gasteiger partial charge in [0.2, 0.25) is 0 Å². The fraction of sp³-hybridized carbons (Fsp3) is 0.118. The lowest BCUT2D eigenvalue weighted by molar-refractivity contribution is -0.384. The fourth-order valence-electron chi connectivity index (χ4n) is 1.91. The topological polar surface area (TPSA) is 132 Å². The number of non-ortho nitro benzene ring substituents is 1. The first-order valence-corrected chi connectivity index (χ1v) is 9.25. The summed E-state index contributed by atoms with van der Waals surface area (Å²) >= 11 is 16.6. The van der Waals surface area contributed by atoms with Crippen LogP contribution in [-0.4, -0.2) is 35.1 Å². The van der Waals surface area contributed by atoms with Crippen molar-refractivity contribution >= 4 is 58.0 Å². The minimum absolute atomic E-state index is 0.100. The summed E-state index contributed by atoms with van der Waals surface area (Å²) < 4.78 is 10.4. The van der Waals surface area contributed by atoms with E-state index in [1.54, 1.807) is 6.07 Å². The number of hydrazine groups is 1. The van der Waals surface area contributed by atoms with Gasteiger partial charge in [-0.25, -0.2) is 0 Å². The zero-order chi connectivity index (χ0) is 22.1. The van der Waals surface area contributed by atoms with Crippen LogP contribution in [0.3, 0.4) is 0 Å². The predicted octanol–water partition coefficient (Wildman–Crippen LogP) is 2.38. The maximum absolute atomic E-state index is 11.8. The molecular weight excluding hydrogens is 459 g/mol. The third-order valence-electron chi connectivity index (χ3n) is 3.24. The van der Waals surface area contributed by atoms with Gasteiger partial charge in [-0.1, -0.05) is 23.2 Å². The highest BCUT2D eigenvalue weighted by Gasteiger charge is 2.10. The number of nitrogens with zero attached hydrogens (tertiary/aromatic N) is 1. The summed E-state index contributed by atoms with van der Waals surface area (Å²) in [7, 11) is 0. The van der Waals surface area contributed by atoms with Crippen molar-refractivity contribution in [3.63, 3.8) is 0 Å². The molecule has 0 spiro atoms. The van der Waals surface area contributed by atoms with Crippen LogP contribution in [0.25, 0.3) is 0 Å². The Morgan fingerprint density at radius 2 is 1.67 bits per heavy atom. The van der Waals surface area contributed by atoms with Crippen molar-refractivity contribution in [1.82, 2.24) is 16.2 Å². The average molecular weight is 473 g/mol. The third-order valence-corrected chi connectivity index (χ3v) is 3.97. The third kappa shape index (κ3) is 7.70. The van der Waals surface area contributed by atoms with E-state index in [0.717, 1.165) is 0 Å². The van der Waals surface area contributed by atoms with Crippen LogP contribution in [0.5, 0.6) is 11.5 Å². The molecule has 0 heterocycles. The van der Waals surface area contributed by atoms with Crippen molar-refractivity contribution in [1.29, 1.82) is 0 Å². The van der Waals surface area contributed by atoms with Crippen molar-refractivity contribution in [2.75, 3.05) is 13.2 Å². The zero-order valence-corrected chi connectivity index (χ0v) is 17.3. The van der Waals surface area contributed by atoms with Gasteiger partial charge in [-0.3, -0.25) is 35.9 Å². The number of hydrogen-bond acceptors (Lipinski definition) is 7. The quantitative estimate of drug-likeness (QED) is 0.317. The number of carbonyl (C=O) groups is 2. The smallest absolute Gasteiger partial charge is 0.276 e. The molecule has 0 aliphatic carbocycles. The summed E-state index contributed by atoms with van der Waals surface area (Å²) in [6.45, 7) is -0.764. The predicted molar refractivity (Wildman–Crippen MR) is 113 cm³/mol. The van der Waals surface area contributed by atoms with Gasteiger partial charge in [-0.2, -0.15) is 0 Å². The molecule has 158 valence electrons. The van der Waals surface area contributed by atoms with E-state index in [2.05, 4.69) is 16.2 Å². The molecule has 30 heavy (non-hydrogen) atoms. The Balaban J connectivity index is 1.67. The Hall–Kier alpha value is -3.15. The Morgan fingerprint density at radius 3 is 2.30 bits per heavy atom. The second kappa shape index (κ2) is 11.1. The molecule has 0 aliphatic rings. The number of ether oxygens (including phenoxy) is 2. The number of benzene rings is 2. The van der Waals surface area contributed by atoms with Gasteiger partial charge in [-0.15, -0.1) is 0 Å². The van der Waals surface area contributed by atoms with E-state index < -0.39 is 16.7 Å². The van der Waals surface area contributed by atoms with Gasteiger partial charge in [0.25, 0.3) is 17.5 Å². The van der Waals surface area contributed by atoms with E-state index in [9.17, 15) is 19.7 Å². The van der Waals surface area contributed by atoms with Crippen molar-refractivity contribution in [2.45, 2.75) is 0 Å². The number of hydrogen-bond donors (Lipinski definition) is 3. The summed E-state index contributed by atoms with van der Waals surface area (Å²) in [5, 5.41) is 13.4. The molecule has 0 radical (unpaired) electrons. The van der Waals surface area contributed by atoms with Crippen molar-refractivity contribution in [3.05, 3.63) is 62.6 Å². The number of nitrogens with one attached hydrogen (secondary N) is 3. The number of carbonyl (C=O) groups excluding carboxylic acids is 2. The van der Waals surface area contributed by atoms with Crippen LogP contribution in [0.2, 0.25) is 10.0 Å². The molecule has 0 fully saturated rings. The highest BCUT2D eigenvalue weighted by molar-refractivity contribution is 7.80. The molecule has 10 nitrogen and oxygen atoms in total. The molecule has 2 rings (SSSR count). The number of nitro groups is 1. The Bertz CT molecular complexity index is 958. The SMILES string of the molecule is O=C(COc1ccc([N+](=O)[O-])cc1)NNC(=S)NC(=O)COc1ccc(Cl)cc1Cl. The molecule has 3 N–H and O–H groups in total. The number of nitro benzene ring substituents is 1. The molecule has 2 aromatic carbocycles. The lowest BCUT2D eigenvalue weighted by atomic mass is 10.3. The van der Waals surface area contributed by atoms with Crippen LogP contribution in [0.15, 0.2) is 42.5 Å². The lowest BCUT2D eigenvalue weighted by Gasteiger charge is -2.12. The molecule has 0 aliphatic heterocycles. The number of amides is 2. The Morgan fingerprint density at radius 1 is 1.00 bits per heavy atom. The molecule has 13 heteroatoms.